The van der Waals surface area contributed by atoms with E-state index in [-0.39, 0.29) is 6.42 Å². The van der Waals surface area contributed by atoms with E-state index in [1.807, 2.05) is 24.3 Å². The summed E-state index contributed by atoms with van der Waals surface area (Å²) in [7, 11) is 0. The Morgan fingerprint density at radius 1 is 0.730 bits per heavy atom. The molecule has 0 heterocycles. The van der Waals surface area contributed by atoms with Gasteiger partial charge in [-0.05, 0) is 64.2 Å². The molecule has 0 aliphatic rings. The average molecular weight is 505 g/mol. The molecule has 4 aromatic rings. The summed E-state index contributed by atoms with van der Waals surface area (Å²) in [5.74, 6) is -1.53. The number of nitrogens with two attached hydrogens (primary N) is 1. The molecule has 8 heteroatoms. The van der Waals surface area contributed by atoms with Gasteiger partial charge in [0.05, 0.1) is 18.0 Å². The highest BCUT2D eigenvalue weighted by Crippen LogP contribution is 2.31. The lowest BCUT2D eigenvalue weighted by Crippen LogP contribution is -2.30. The van der Waals surface area contributed by atoms with Crippen molar-refractivity contribution in [2.45, 2.75) is 18.6 Å². The van der Waals surface area contributed by atoms with Gasteiger partial charge in [-0.25, -0.2) is 0 Å². The maximum absolute atomic E-state index is 12.9. The fraction of sp³-hybridized carbons (Fsp3) is 0.103. The Bertz CT molecular complexity index is 1380. The molecule has 4 aromatic carbocycles. The molecule has 0 fully saturated rings. The first-order chi connectivity index (χ1) is 17.6. The first kappa shape index (κ1) is 25.5. The second kappa shape index (κ2) is 10.6. The second-order valence-corrected chi connectivity index (χ2v) is 8.52. The van der Waals surface area contributed by atoms with Crippen LogP contribution in [0.5, 0.6) is 0 Å². The third-order valence-corrected chi connectivity index (χ3v) is 5.93. The van der Waals surface area contributed by atoms with Gasteiger partial charge in [-0.2, -0.15) is 13.2 Å². The number of hydrogen-bond donors (Lipinski definition) is 3. The highest BCUT2D eigenvalue weighted by Gasteiger charge is 2.30. The summed E-state index contributed by atoms with van der Waals surface area (Å²) in [6, 6.07) is 24.9. The standard InChI is InChI=1S/C29H23F3N2O3/c30-29(31,32)24-13-9-20(10-14-24)19-3-7-23(8-4-19)28(37)34-26(17-27(35)36)22-5-1-18(2-6-22)21-11-15-25(33)16-12-21/h1-16,26H,17,33H2,(H,34,37)(H,35,36). The van der Waals surface area contributed by atoms with Crippen molar-refractivity contribution in [3.05, 3.63) is 114 Å². The van der Waals surface area contributed by atoms with Gasteiger partial charge < -0.3 is 16.2 Å². The van der Waals surface area contributed by atoms with Crippen molar-refractivity contribution in [3.63, 3.8) is 0 Å². The first-order valence-corrected chi connectivity index (χ1v) is 11.4. The van der Waals surface area contributed by atoms with Crippen molar-refractivity contribution < 1.29 is 27.9 Å². The number of rotatable bonds is 7. The van der Waals surface area contributed by atoms with Gasteiger partial charge >= 0.3 is 12.1 Å². The summed E-state index contributed by atoms with van der Waals surface area (Å²) >= 11 is 0. The van der Waals surface area contributed by atoms with Gasteiger partial charge in [0.1, 0.15) is 0 Å². The minimum atomic E-state index is -4.41. The Morgan fingerprint density at radius 2 is 1.16 bits per heavy atom. The van der Waals surface area contributed by atoms with Crippen molar-refractivity contribution in [1.29, 1.82) is 0 Å². The predicted molar refractivity (Wildman–Crippen MR) is 136 cm³/mol. The average Bonchev–Trinajstić information content (AvgIpc) is 2.88. The number of hydrogen-bond acceptors (Lipinski definition) is 3. The molecule has 4 rings (SSSR count). The quantitative estimate of drug-likeness (QED) is 0.248. The summed E-state index contributed by atoms with van der Waals surface area (Å²) in [5.41, 5.74) is 9.67. The molecule has 0 aliphatic carbocycles. The van der Waals surface area contributed by atoms with E-state index >= 15 is 0 Å². The van der Waals surface area contributed by atoms with Gasteiger partial charge in [-0.3, -0.25) is 9.59 Å². The molecule has 0 radical (unpaired) electrons. The molecular formula is C29H23F3N2O3. The van der Waals surface area contributed by atoms with Crippen LogP contribution in [0.4, 0.5) is 18.9 Å². The Kier molecular flexibility index (Phi) is 7.29. The predicted octanol–water partition coefficient (Wildman–Crippen LogP) is 6.57. The zero-order valence-corrected chi connectivity index (χ0v) is 19.5. The monoisotopic (exact) mass is 504 g/mol. The number of nitrogen functional groups attached to an aromatic ring is 1. The van der Waals surface area contributed by atoms with Crippen LogP contribution in [0.25, 0.3) is 22.3 Å². The van der Waals surface area contributed by atoms with Crippen molar-refractivity contribution in [3.8, 4) is 22.3 Å². The number of carboxylic acids is 1. The molecule has 0 saturated heterocycles. The minimum absolute atomic E-state index is 0.296. The topological polar surface area (TPSA) is 92.4 Å². The number of amides is 1. The Morgan fingerprint density at radius 3 is 1.62 bits per heavy atom. The second-order valence-electron chi connectivity index (χ2n) is 8.52. The van der Waals surface area contributed by atoms with Crippen LogP contribution >= 0.6 is 0 Å². The molecule has 1 unspecified atom stereocenters. The van der Waals surface area contributed by atoms with Crippen molar-refractivity contribution in [2.75, 3.05) is 5.73 Å². The van der Waals surface area contributed by atoms with Gasteiger partial charge in [-0.1, -0.05) is 60.7 Å². The maximum Gasteiger partial charge on any atom is 0.416 e. The zero-order valence-electron chi connectivity index (χ0n) is 19.5. The summed E-state index contributed by atoms with van der Waals surface area (Å²) in [6.07, 6.45) is -4.72. The van der Waals surface area contributed by atoms with Crippen LogP contribution in [0.1, 0.15) is 33.9 Å². The molecule has 37 heavy (non-hydrogen) atoms. The number of carbonyl (C=O) groups excluding carboxylic acids is 1. The molecular weight excluding hydrogens is 481 g/mol. The highest BCUT2D eigenvalue weighted by molar-refractivity contribution is 5.95. The van der Waals surface area contributed by atoms with E-state index in [9.17, 15) is 27.9 Å². The largest absolute Gasteiger partial charge is 0.481 e. The molecule has 0 saturated carbocycles. The molecule has 188 valence electrons. The van der Waals surface area contributed by atoms with Gasteiger partial charge in [-0.15, -0.1) is 0 Å². The SMILES string of the molecule is Nc1ccc(-c2ccc(C(CC(=O)O)NC(=O)c3ccc(-c4ccc(C(F)(F)F)cc4)cc3)cc2)cc1. The lowest BCUT2D eigenvalue weighted by atomic mass is 9.98. The molecule has 0 aliphatic heterocycles. The first-order valence-electron chi connectivity index (χ1n) is 11.4. The molecule has 5 nitrogen and oxygen atoms in total. The number of carbonyl (C=O) groups is 2. The lowest BCUT2D eigenvalue weighted by molar-refractivity contribution is -0.138. The van der Waals surface area contributed by atoms with Crippen molar-refractivity contribution >= 4 is 17.6 Å². The third kappa shape index (κ3) is 6.35. The number of nitrogens with one attached hydrogen (secondary N) is 1. The van der Waals surface area contributed by atoms with Crippen LogP contribution < -0.4 is 11.1 Å². The smallest absolute Gasteiger partial charge is 0.416 e. The fourth-order valence-corrected chi connectivity index (χ4v) is 3.92. The Balaban J connectivity index is 1.48. The van der Waals surface area contributed by atoms with Crippen LogP contribution in [0, 0.1) is 0 Å². The van der Waals surface area contributed by atoms with E-state index < -0.39 is 29.7 Å². The van der Waals surface area contributed by atoms with E-state index in [1.54, 1.807) is 48.5 Å². The van der Waals surface area contributed by atoms with Crippen molar-refractivity contribution in [2.24, 2.45) is 0 Å². The number of benzene rings is 4. The van der Waals surface area contributed by atoms with Gasteiger partial charge in [0.2, 0.25) is 0 Å². The van der Waals surface area contributed by atoms with E-state index in [2.05, 4.69) is 5.32 Å². The van der Waals surface area contributed by atoms with E-state index in [1.165, 1.54) is 12.1 Å². The molecule has 4 N–H and O–H groups in total. The number of halogens is 3. The number of aliphatic carboxylic acids is 1. The van der Waals surface area contributed by atoms with Crippen LogP contribution in [-0.2, 0) is 11.0 Å². The van der Waals surface area contributed by atoms with E-state index in [0.717, 1.165) is 23.3 Å². The zero-order chi connectivity index (χ0) is 26.6. The molecule has 0 bridgehead atoms. The summed E-state index contributed by atoms with van der Waals surface area (Å²) in [6.45, 7) is 0. The van der Waals surface area contributed by atoms with Crippen LogP contribution in [0.15, 0.2) is 97.1 Å². The van der Waals surface area contributed by atoms with Crippen LogP contribution in [0.3, 0.4) is 0 Å². The summed E-state index contributed by atoms with van der Waals surface area (Å²) in [4.78, 5) is 24.4. The fourth-order valence-electron chi connectivity index (χ4n) is 3.92. The minimum Gasteiger partial charge on any atom is -0.481 e. The van der Waals surface area contributed by atoms with Gasteiger partial charge in [0.15, 0.2) is 0 Å². The molecule has 1 atom stereocenters. The lowest BCUT2D eigenvalue weighted by Gasteiger charge is -2.18. The third-order valence-electron chi connectivity index (χ3n) is 5.93. The molecule has 0 aromatic heterocycles. The Labute approximate surface area is 211 Å². The van der Waals surface area contributed by atoms with Gasteiger partial charge in [0, 0.05) is 11.3 Å². The maximum atomic E-state index is 12.9. The van der Waals surface area contributed by atoms with Crippen LogP contribution in [0.2, 0.25) is 0 Å². The number of carboxylic acid groups (broad SMARTS) is 1. The van der Waals surface area contributed by atoms with Crippen LogP contribution in [-0.4, -0.2) is 17.0 Å². The molecule has 1 amide bonds. The summed E-state index contributed by atoms with van der Waals surface area (Å²) in [5, 5.41) is 12.2. The molecule has 0 spiro atoms. The normalized spacial score (nSPS) is 12.1. The number of alkyl halides is 3. The van der Waals surface area contributed by atoms with Gasteiger partial charge in [0.25, 0.3) is 5.91 Å². The van der Waals surface area contributed by atoms with E-state index in [0.29, 0.717) is 27.9 Å². The van der Waals surface area contributed by atoms with Crippen molar-refractivity contribution in [1.82, 2.24) is 5.32 Å². The van der Waals surface area contributed by atoms with E-state index in [4.69, 9.17) is 5.73 Å². The number of anilines is 1. The highest BCUT2D eigenvalue weighted by atomic mass is 19.4. The summed E-state index contributed by atoms with van der Waals surface area (Å²) < 4.78 is 38.4. The Hall–Kier alpha value is -4.59.